The summed E-state index contributed by atoms with van der Waals surface area (Å²) in [6, 6.07) is 1.69. The number of sulfonamides is 1. The zero-order valence-corrected chi connectivity index (χ0v) is 13.7. The van der Waals surface area contributed by atoms with E-state index in [4.69, 9.17) is 0 Å². The third kappa shape index (κ3) is 3.62. The highest BCUT2D eigenvalue weighted by Crippen LogP contribution is 2.22. The summed E-state index contributed by atoms with van der Waals surface area (Å²) in [4.78, 5) is 0.271. The molecule has 0 spiro atoms. The molecule has 0 aliphatic carbocycles. The summed E-state index contributed by atoms with van der Waals surface area (Å²) in [6.07, 6.45) is 3.44. The fraction of sp³-hybridized carbons (Fsp3) is 0.714. The highest BCUT2D eigenvalue weighted by molar-refractivity contribution is 7.89. The van der Waals surface area contributed by atoms with Crippen molar-refractivity contribution in [1.82, 2.24) is 8.87 Å². The largest absolute Gasteiger partial charge is 0.390 e. The molecular weight excluding hydrogens is 276 g/mol. The Bertz CT molecular complexity index is 521. The van der Waals surface area contributed by atoms with Gasteiger partial charge in [0, 0.05) is 31.0 Å². The lowest BCUT2D eigenvalue weighted by atomic mass is 10.3. The molecule has 1 aromatic rings. The number of unbranched alkanes of at least 4 members (excludes halogenated alkanes) is 1. The molecule has 6 heteroatoms. The van der Waals surface area contributed by atoms with Crippen LogP contribution in [0.4, 0.5) is 0 Å². The smallest absolute Gasteiger partial charge is 0.244 e. The third-order valence-corrected chi connectivity index (χ3v) is 5.32. The van der Waals surface area contributed by atoms with E-state index in [-0.39, 0.29) is 17.5 Å². The predicted molar refractivity (Wildman–Crippen MR) is 80.1 cm³/mol. The summed E-state index contributed by atoms with van der Waals surface area (Å²) in [5.74, 6) is 0. The van der Waals surface area contributed by atoms with Gasteiger partial charge in [-0.2, -0.15) is 4.31 Å². The van der Waals surface area contributed by atoms with Gasteiger partial charge in [0.15, 0.2) is 0 Å². The van der Waals surface area contributed by atoms with E-state index in [1.807, 2.05) is 27.7 Å². The van der Waals surface area contributed by atoms with Gasteiger partial charge in [0.05, 0.1) is 6.61 Å². The zero-order chi connectivity index (χ0) is 15.3. The first-order valence-electron chi connectivity index (χ1n) is 7.20. The second-order valence-corrected chi connectivity index (χ2v) is 7.11. The van der Waals surface area contributed by atoms with Crippen molar-refractivity contribution in [3.63, 3.8) is 0 Å². The first-order chi connectivity index (χ1) is 9.38. The van der Waals surface area contributed by atoms with E-state index in [2.05, 4.69) is 0 Å². The van der Waals surface area contributed by atoms with Crippen LogP contribution < -0.4 is 0 Å². The molecule has 0 saturated heterocycles. The van der Waals surface area contributed by atoms with E-state index < -0.39 is 10.0 Å². The van der Waals surface area contributed by atoms with Crippen molar-refractivity contribution in [1.29, 1.82) is 0 Å². The molecule has 1 N–H and O–H groups in total. The molecule has 0 aliphatic heterocycles. The van der Waals surface area contributed by atoms with Gasteiger partial charge in [-0.3, -0.25) is 0 Å². The van der Waals surface area contributed by atoms with Crippen LogP contribution in [-0.4, -0.2) is 35.5 Å². The van der Waals surface area contributed by atoms with Crippen molar-refractivity contribution in [2.45, 2.75) is 58.1 Å². The van der Waals surface area contributed by atoms with Crippen molar-refractivity contribution in [3.8, 4) is 0 Å². The Kier molecular flexibility index (Phi) is 6.23. The Morgan fingerprint density at radius 3 is 2.40 bits per heavy atom. The number of nitrogens with zero attached hydrogens (tertiary/aromatic N) is 2. The molecule has 0 amide bonds. The fourth-order valence-corrected chi connectivity index (χ4v) is 3.72. The SMILES string of the molecule is CCCCN(CC)S(=O)(=O)c1cc(CO)n(C(C)C)c1. The number of rotatable bonds is 8. The molecule has 0 atom stereocenters. The standard InChI is InChI=1S/C14H26N2O3S/c1-5-7-8-15(6-2)20(18,19)14-9-13(11-17)16(10-14)12(3)4/h9-10,12,17H,5-8,11H2,1-4H3. The highest BCUT2D eigenvalue weighted by Gasteiger charge is 2.25. The molecule has 0 aromatic carbocycles. The third-order valence-electron chi connectivity index (χ3n) is 3.38. The average Bonchev–Trinajstić information content (AvgIpc) is 2.84. The molecule has 5 nitrogen and oxygen atoms in total. The van der Waals surface area contributed by atoms with E-state index in [1.165, 1.54) is 4.31 Å². The quantitative estimate of drug-likeness (QED) is 0.802. The van der Waals surface area contributed by atoms with E-state index in [0.717, 1.165) is 12.8 Å². The van der Waals surface area contributed by atoms with Crippen LogP contribution in [0.2, 0.25) is 0 Å². The monoisotopic (exact) mass is 302 g/mol. The minimum Gasteiger partial charge on any atom is -0.390 e. The van der Waals surface area contributed by atoms with Crippen LogP contribution in [0.15, 0.2) is 17.2 Å². The van der Waals surface area contributed by atoms with Crippen LogP contribution in [0.5, 0.6) is 0 Å². The van der Waals surface area contributed by atoms with Crippen LogP contribution in [-0.2, 0) is 16.6 Å². The van der Waals surface area contributed by atoms with Gasteiger partial charge in [0.2, 0.25) is 10.0 Å². The van der Waals surface area contributed by atoms with Crippen molar-refractivity contribution in [2.24, 2.45) is 0 Å². The van der Waals surface area contributed by atoms with E-state index in [9.17, 15) is 13.5 Å². The van der Waals surface area contributed by atoms with Crippen molar-refractivity contribution < 1.29 is 13.5 Å². The van der Waals surface area contributed by atoms with Gasteiger partial charge in [-0.1, -0.05) is 20.3 Å². The van der Waals surface area contributed by atoms with Crippen LogP contribution in [0.3, 0.4) is 0 Å². The zero-order valence-electron chi connectivity index (χ0n) is 12.8. The topological polar surface area (TPSA) is 62.5 Å². The molecule has 1 rings (SSSR count). The Morgan fingerprint density at radius 1 is 1.35 bits per heavy atom. The van der Waals surface area contributed by atoms with Crippen LogP contribution in [0, 0.1) is 0 Å². The van der Waals surface area contributed by atoms with Gasteiger partial charge in [0.25, 0.3) is 0 Å². The summed E-state index contributed by atoms with van der Waals surface area (Å²) >= 11 is 0. The lowest BCUT2D eigenvalue weighted by molar-refractivity contribution is 0.268. The number of aliphatic hydroxyl groups is 1. The van der Waals surface area contributed by atoms with Crippen molar-refractivity contribution >= 4 is 10.0 Å². The summed E-state index contributed by atoms with van der Waals surface area (Å²) in [5, 5.41) is 9.35. The van der Waals surface area contributed by atoms with E-state index >= 15 is 0 Å². The Balaban J connectivity index is 3.14. The summed E-state index contributed by atoms with van der Waals surface area (Å²) in [6.45, 7) is 8.66. The van der Waals surface area contributed by atoms with Gasteiger partial charge >= 0.3 is 0 Å². The molecule has 1 aromatic heterocycles. The number of hydrogen-bond acceptors (Lipinski definition) is 3. The molecule has 0 radical (unpaired) electrons. The molecule has 0 saturated carbocycles. The minimum absolute atomic E-state index is 0.117. The second-order valence-electron chi connectivity index (χ2n) is 5.18. The van der Waals surface area contributed by atoms with Gasteiger partial charge in [0.1, 0.15) is 4.90 Å². The summed E-state index contributed by atoms with van der Waals surface area (Å²) < 4.78 is 28.5. The lowest BCUT2D eigenvalue weighted by Gasteiger charge is -2.19. The Hall–Kier alpha value is -0.850. The number of aliphatic hydroxyl groups excluding tert-OH is 1. The molecule has 20 heavy (non-hydrogen) atoms. The second kappa shape index (κ2) is 7.24. The molecular formula is C14H26N2O3S. The number of aromatic nitrogens is 1. The van der Waals surface area contributed by atoms with Crippen LogP contribution in [0.25, 0.3) is 0 Å². The van der Waals surface area contributed by atoms with Crippen LogP contribution in [0.1, 0.15) is 52.3 Å². The van der Waals surface area contributed by atoms with E-state index in [0.29, 0.717) is 18.8 Å². The molecule has 0 bridgehead atoms. The fourth-order valence-electron chi connectivity index (χ4n) is 2.18. The summed E-state index contributed by atoms with van der Waals surface area (Å²) in [7, 11) is -3.47. The minimum atomic E-state index is -3.47. The molecule has 116 valence electrons. The van der Waals surface area contributed by atoms with Gasteiger partial charge in [-0.15, -0.1) is 0 Å². The lowest BCUT2D eigenvalue weighted by Crippen LogP contribution is -2.31. The predicted octanol–water partition coefficient (Wildman–Crippen LogP) is 2.37. The van der Waals surface area contributed by atoms with Gasteiger partial charge in [-0.05, 0) is 26.3 Å². The normalized spacial score (nSPS) is 12.6. The molecule has 1 heterocycles. The molecule has 0 unspecified atom stereocenters. The maximum atomic E-state index is 12.6. The van der Waals surface area contributed by atoms with Crippen molar-refractivity contribution in [3.05, 3.63) is 18.0 Å². The highest BCUT2D eigenvalue weighted by atomic mass is 32.2. The van der Waals surface area contributed by atoms with E-state index in [1.54, 1.807) is 16.8 Å². The van der Waals surface area contributed by atoms with Gasteiger partial charge < -0.3 is 9.67 Å². The van der Waals surface area contributed by atoms with Crippen LogP contribution >= 0.6 is 0 Å². The Morgan fingerprint density at radius 2 is 2.00 bits per heavy atom. The van der Waals surface area contributed by atoms with Crippen molar-refractivity contribution in [2.75, 3.05) is 13.1 Å². The maximum Gasteiger partial charge on any atom is 0.244 e. The molecule has 0 fully saturated rings. The van der Waals surface area contributed by atoms with Gasteiger partial charge in [-0.25, -0.2) is 8.42 Å². The molecule has 0 aliphatic rings. The number of hydrogen-bond donors (Lipinski definition) is 1. The summed E-state index contributed by atoms with van der Waals surface area (Å²) in [5.41, 5.74) is 0.630. The average molecular weight is 302 g/mol. The Labute approximate surface area is 122 Å². The maximum absolute atomic E-state index is 12.6. The first-order valence-corrected chi connectivity index (χ1v) is 8.64. The first kappa shape index (κ1) is 17.2.